The van der Waals surface area contributed by atoms with Crippen molar-refractivity contribution < 1.29 is 9.84 Å². The Morgan fingerprint density at radius 3 is 2.88 bits per heavy atom. The molecule has 2 aromatic carbocycles. The van der Waals surface area contributed by atoms with Crippen LogP contribution in [0.3, 0.4) is 0 Å². The summed E-state index contributed by atoms with van der Waals surface area (Å²) in [7, 11) is 0. The van der Waals surface area contributed by atoms with E-state index in [1.165, 1.54) is 36.0 Å². The lowest BCUT2D eigenvalue weighted by molar-refractivity contribution is 0.313. The highest BCUT2D eigenvalue weighted by Gasteiger charge is 2.07. The van der Waals surface area contributed by atoms with Gasteiger partial charge in [-0.15, -0.1) is 0 Å². The summed E-state index contributed by atoms with van der Waals surface area (Å²) in [6.45, 7) is 3.90. The largest absolute Gasteiger partial charge is 0.513 e. The molecule has 0 saturated carbocycles. The molecule has 0 atom stereocenters. The Balaban J connectivity index is 1.43. The maximum Gasteiger partial charge on any atom is 0.119 e. The minimum atomic E-state index is 0.291. The Labute approximate surface area is 156 Å². The molecule has 136 valence electrons. The molecule has 26 heavy (non-hydrogen) atoms. The minimum absolute atomic E-state index is 0.291. The first kappa shape index (κ1) is 18.3. The van der Waals surface area contributed by atoms with E-state index in [9.17, 15) is 5.11 Å². The molecule has 0 amide bonds. The first-order valence-electron chi connectivity index (χ1n) is 9.30. The molecule has 3 heteroatoms. The topological polar surface area (TPSA) is 41.5 Å². The van der Waals surface area contributed by atoms with Gasteiger partial charge in [0.1, 0.15) is 12.4 Å². The van der Waals surface area contributed by atoms with E-state index in [1.807, 2.05) is 24.3 Å². The molecule has 0 aliphatic heterocycles. The Morgan fingerprint density at radius 2 is 2.08 bits per heavy atom. The molecule has 0 fully saturated rings. The minimum Gasteiger partial charge on any atom is -0.513 e. The average Bonchev–Trinajstić information content (AvgIpc) is 3.16. The zero-order chi connectivity index (χ0) is 18.2. The smallest absolute Gasteiger partial charge is 0.119 e. The third kappa shape index (κ3) is 5.50. The molecule has 3 nitrogen and oxygen atoms in total. The van der Waals surface area contributed by atoms with Gasteiger partial charge in [-0.2, -0.15) is 0 Å². The molecule has 1 aliphatic rings. The summed E-state index contributed by atoms with van der Waals surface area (Å²) >= 11 is 0. The zero-order valence-electron chi connectivity index (χ0n) is 15.4. The van der Waals surface area contributed by atoms with Gasteiger partial charge in [0.15, 0.2) is 0 Å². The fraction of sp³-hybridized carbons (Fsp3) is 0.304. The molecule has 0 unspecified atom stereocenters. The average molecular weight is 349 g/mol. The predicted octanol–water partition coefficient (Wildman–Crippen LogP) is 5.34. The van der Waals surface area contributed by atoms with Gasteiger partial charge in [0.2, 0.25) is 0 Å². The lowest BCUT2D eigenvalue weighted by Crippen LogP contribution is -2.20. The second-order valence-electron chi connectivity index (χ2n) is 6.71. The molecule has 2 N–H and O–H groups in total. The van der Waals surface area contributed by atoms with Crippen LogP contribution >= 0.6 is 0 Å². The monoisotopic (exact) mass is 349 g/mol. The summed E-state index contributed by atoms with van der Waals surface area (Å²) in [5.74, 6) is 1.11. The van der Waals surface area contributed by atoms with Crippen molar-refractivity contribution in [3.63, 3.8) is 0 Å². The number of hydrogen-bond donors (Lipinski definition) is 2. The summed E-state index contributed by atoms with van der Waals surface area (Å²) in [6.07, 6.45) is 7.78. The van der Waals surface area contributed by atoms with Crippen LogP contribution in [0.4, 0.5) is 0 Å². The third-order valence-corrected chi connectivity index (χ3v) is 4.45. The Kier molecular flexibility index (Phi) is 6.50. The molecule has 0 bridgehead atoms. The molecule has 0 saturated heterocycles. The van der Waals surface area contributed by atoms with Gasteiger partial charge in [0, 0.05) is 13.1 Å². The van der Waals surface area contributed by atoms with Crippen LogP contribution in [0.2, 0.25) is 0 Å². The number of nitrogens with one attached hydrogen (secondary N) is 1. The molecule has 0 heterocycles. The van der Waals surface area contributed by atoms with Gasteiger partial charge in [-0.25, -0.2) is 0 Å². The van der Waals surface area contributed by atoms with Gasteiger partial charge < -0.3 is 15.2 Å². The zero-order valence-corrected chi connectivity index (χ0v) is 15.4. The summed E-state index contributed by atoms with van der Waals surface area (Å²) in [4.78, 5) is 0. The summed E-state index contributed by atoms with van der Waals surface area (Å²) in [5.41, 5.74) is 5.10. The van der Waals surface area contributed by atoms with Crippen molar-refractivity contribution >= 4 is 11.6 Å². The predicted molar refractivity (Wildman–Crippen MR) is 108 cm³/mol. The van der Waals surface area contributed by atoms with E-state index in [0.29, 0.717) is 12.4 Å². The summed E-state index contributed by atoms with van der Waals surface area (Å²) in [5, 5.41) is 12.8. The van der Waals surface area contributed by atoms with Crippen molar-refractivity contribution in [3.8, 4) is 5.75 Å². The lowest BCUT2D eigenvalue weighted by Gasteiger charge is -2.10. The number of rotatable bonds is 8. The number of hydrogen-bond acceptors (Lipinski definition) is 3. The van der Waals surface area contributed by atoms with E-state index in [-0.39, 0.29) is 0 Å². The van der Waals surface area contributed by atoms with E-state index in [0.717, 1.165) is 24.4 Å². The van der Waals surface area contributed by atoms with Gasteiger partial charge in [-0.05, 0) is 66.7 Å². The second-order valence-corrected chi connectivity index (χ2v) is 6.71. The standard InChI is InChI=1S/C23H27NO2/c1-18(25)14-19-6-5-11-23(16-19)26-13-12-24-17-20-7-4-10-22(15-20)21-8-2-3-9-21/h4-8,10-11,14-16,24-25H,2-3,9,12-13,17H2,1H3/b18-14-. The normalized spacial score (nSPS) is 14.3. The Bertz CT molecular complexity index is 788. The van der Waals surface area contributed by atoms with Crippen LogP contribution in [-0.4, -0.2) is 18.3 Å². The van der Waals surface area contributed by atoms with Crippen molar-refractivity contribution in [2.75, 3.05) is 13.2 Å². The van der Waals surface area contributed by atoms with E-state index in [2.05, 4.69) is 35.7 Å². The molecule has 0 radical (unpaired) electrons. The highest BCUT2D eigenvalue weighted by molar-refractivity contribution is 5.67. The molecule has 0 aromatic heterocycles. The van der Waals surface area contributed by atoms with Crippen LogP contribution in [0.15, 0.2) is 60.4 Å². The van der Waals surface area contributed by atoms with Gasteiger partial charge in [-0.3, -0.25) is 0 Å². The van der Waals surface area contributed by atoms with Crippen molar-refractivity contribution in [2.45, 2.75) is 32.7 Å². The SMILES string of the molecule is C/C(O)=C/c1cccc(OCCNCc2cccc(C3=CCCC3)c2)c1. The Hall–Kier alpha value is -2.52. The Morgan fingerprint density at radius 1 is 1.19 bits per heavy atom. The van der Waals surface area contributed by atoms with Crippen LogP contribution in [0, 0.1) is 0 Å². The second kappa shape index (κ2) is 9.25. The van der Waals surface area contributed by atoms with Crippen LogP contribution in [0.25, 0.3) is 11.6 Å². The first-order chi connectivity index (χ1) is 12.7. The van der Waals surface area contributed by atoms with E-state index < -0.39 is 0 Å². The molecule has 3 rings (SSSR count). The van der Waals surface area contributed by atoms with Gasteiger partial charge >= 0.3 is 0 Å². The van der Waals surface area contributed by atoms with E-state index in [1.54, 1.807) is 13.0 Å². The van der Waals surface area contributed by atoms with E-state index in [4.69, 9.17) is 4.74 Å². The molecule has 0 spiro atoms. The quantitative estimate of drug-likeness (QED) is 0.499. The van der Waals surface area contributed by atoms with Crippen molar-refractivity contribution in [3.05, 3.63) is 77.1 Å². The summed E-state index contributed by atoms with van der Waals surface area (Å²) in [6, 6.07) is 16.5. The van der Waals surface area contributed by atoms with E-state index >= 15 is 0 Å². The van der Waals surface area contributed by atoms with Gasteiger partial charge in [0.05, 0.1) is 5.76 Å². The number of benzene rings is 2. The molecular formula is C23H27NO2. The number of aliphatic hydroxyl groups is 1. The highest BCUT2D eigenvalue weighted by atomic mass is 16.5. The maximum atomic E-state index is 9.35. The maximum absolute atomic E-state index is 9.35. The fourth-order valence-corrected chi connectivity index (χ4v) is 3.22. The van der Waals surface area contributed by atoms with Crippen LogP contribution in [-0.2, 0) is 6.54 Å². The summed E-state index contributed by atoms with van der Waals surface area (Å²) < 4.78 is 5.79. The van der Waals surface area contributed by atoms with Crippen molar-refractivity contribution in [2.24, 2.45) is 0 Å². The molecule has 1 aliphatic carbocycles. The number of ether oxygens (including phenoxy) is 1. The molecule has 2 aromatic rings. The highest BCUT2D eigenvalue weighted by Crippen LogP contribution is 2.27. The van der Waals surface area contributed by atoms with Crippen LogP contribution in [0.1, 0.15) is 42.9 Å². The molecular weight excluding hydrogens is 322 g/mol. The van der Waals surface area contributed by atoms with Gasteiger partial charge in [0.25, 0.3) is 0 Å². The van der Waals surface area contributed by atoms with Crippen LogP contribution in [0.5, 0.6) is 5.75 Å². The fourth-order valence-electron chi connectivity index (χ4n) is 3.22. The van der Waals surface area contributed by atoms with Crippen molar-refractivity contribution in [1.29, 1.82) is 0 Å². The number of aliphatic hydroxyl groups excluding tert-OH is 1. The van der Waals surface area contributed by atoms with Gasteiger partial charge in [-0.1, -0.05) is 42.5 Å². The lowest BCUT2D eigenvalue weighted by atomic mass is 10.0. The first-order valence-corrected chi connectivity index (χ1v) is 9.30. The third-order valence-electron chi connectivity index (χ3n) is 4.45. The number of allylic oxidation sites excluding steroid dienone is 3. The van der Waals surface area contributed by atoms with Crippen LogP contribution < -0.4 is 10.1 Å². The van der Waals surface area contributed by atoms with Crippen molar-refractivity contribution in [1.82, 2.24) is 5.32 Å².